The molecule has 14 heteroatoms. The second-order valence-electron chi connectivity index (χ2n) is 6.32. The average molecular weight is 485 g/mol. The first-order valence-electron chi connectivity index (χ1n) is 9.19. The monoisotopic (exact) mass is 484 g/mol. The van der Waals surface area contributed by atoms with Crippen molar-refractivity contribution in [3.8, 4) is 0 Å². The van der Waals surface area contributed by atoms with Gasteiger partial charge >= 0.3 is 5.97 Å². The molecule has 3 aromatic heterocycles. The molecule has 1 aliphatic heterocycles. The number of hydrogen-bond donors (Lipinski definition) is 1. The van der Waals surface area contributed by atoms with Gasteiger partial charge in [-0.1, -0.05) is 0 Å². The SMILES string of the molecule is CCOC(=O)c1cnc(NS(=O)(=O)c2cc3nc(Cl)nc(N4CCOCC4)c3s2)nc1. The number of nitrogens with one attached hydrogen (secondary N) is 1. The van der Waals surface area contributed by atoms with Crippen LogP contribution in [0.25, 0.3) is 10.2 Å². The van der Waals surface area contributed by atoms with Crippen molar-refractivity contribution in [3.05, 3.63) is 29.3 Å². The predicted molar refractivity (Wildman–Crippen MR) is 114 cm³/mol. The molecule has 1 aliphatic rings. The molecule has 0 amide bonds. The molecule has 1 N–H and O–H groups in total. The van der Waals surface area contributed by atoms with Crippen LogP contribution in [0.15, 0.2) is 22.7 Å². The lowest BCUT2D eigenvalue weighted by molar-refractivity contribution is 0.0525. The van der Waals surface area contributed by atoms with Gasteiger partial charge in [0.2, 0.25) is 11.2 Å². The van der Waals surface area contributed by atoms with E-state index in [9.17, 15) is 13.2 Å². The van der Waals surface area contributed by atoms with Crippen molar-refractivity contribution in [2.45, 2.75) is 11.1 Å². The van der Waals surface area contributed by atoms with Gasteiger partial charge in [-0.05, 0) is 24.6 Å². The van der Waals surface area contributed by atoms with Crippen LogP contribution in [-0.2, 0) is 19.5 Å². The number of rotatable bonds is 6. The highest BCUT2D eigenvalue weighted by Crippen LogP contribution is 2.35. The zero-order chi connectivity index (χ0) is 22.0. The van der Waals surface area contributed by atoms with Gasteiger partial charge in [-0.3, -0.25) is 0 Å². The largest absolute Gasteiger partial charge is 0.462 e. The maximum absolute atomic E-state index is 12.9. The highest BCUT2D eigenvalue weighted by molar-refractivity contribution is 7.94. The van der Waals surface area contributed by atoms with Crippen molar-refractivity contribution < 1.29 is 22.7 Å². The van der Waals surface area contributed by atoms with Gasteiger partial charge in [0.25, 0.3) is 10.0 Å². The van der Waals surface area contributed by atoms with Crippen LogP contribution in [0, 0.1) is 0 Å². The third kappa shape index (κ3) is 4.69. The van der Waals surface area contributed by atoms with E-state index in [0.29, 0.717) is 42.3 Å². The summed E-state index contributed by atoms with van der Waals surface area (Å²) >= 11 is 7.08. The second kappa shape index (κ2) is 8.86. The third-order valence-electron chi connectivity index (χ3n) is 4.27. The number of fused-ring (bicyclic) bond motifs is 1. The smallest absolute Gasteiger partial charge is 0.341 e. The quantitative estimate of drug-likeness (QED) is 0.408. The Morgan fingerprint density at radius 3 is 2.68 bits per heavy atom. The highest BCUT2D eigenvalue weighted by Gasteiger charge is 2.24. The molecule has 4 heterocycles. The maximum atomic E-state index is 12.9. The van der Waals surface area contributed by atoms with Gasteiger partial charge in [0.15, 0.2) is 5.82 Å². The molecule has 3 aromatic rings. The number of anilines is 2. The van der Waals surface area contributed by atoms with Gasteiger partial charge in [0, 0.05) is 25.5 Å². The van der Waals surface area contributed by atoms with Crippen LogP contribution in [0.1, 0.15) is 17.3 Å². The summed E-state index contributed by atoms with van der Waals surface area (Å²) in [6.45, 7) is 4.19. The van der Waals surface area contributed by atoms with Crippen LogP contribution >= 0.6 is 22.9 Å². The molecule has 4 rings (SSSR count). The minimum Gasteiger partial charge on any atom is -0.462 e. The number of thiophene rings is 1. The first-order chi connectivity index (χ1) is 14.9. The first kappa shape index (κ1) is 21.6. The fraction of sp³-hybridized carbons (Fsp3) is 0.353. The molecule has 31 heavy (non-hydrogen) atoms. The Bertz CT molecular complexity index is 1210. The van der Waals surface area contributed by atoms with Crippen LogP contribution in [0.3, 0.4) is 0 Å². The Labute approximate surface area is 186 Å². The summed E-state index contributed by atoms with van der Waals surface area (Å²) in [6, 6.07) is 1.42. The number of halogens is 1. The van der Waals surface area contributed by atoms with Crippen LogP contribution in [0.5, 0.6) is 0 Å². The molecule has 0 bridgehead atoms. The molecule has 0 saturated carbocycles. The molecule has 11 nitrogen and oxygen atoms in total. The van der Waals surface area contributed by atoms with E-state index in [2.05, 4.69) is 24.7 Å². The van der Waals surface area contributed by atoms with Crippen LogP contribution in [-0.4, -0.2) is 67.2 Å². The van der Waals surface area contributed by atoms with Crippen molar-refractivity contribution in [1.29, 1.82) is 0 Å². The van der Waals surface area contributed by atoms with Crippen molar-refractivity contribution in [3.63, 3.8) is 0 Å². The Balaban J connectivity index is 1.62. The van der Waals surface area contributed by atoms with E-state index in [1.54, 1.807) is 6.92 Å². The normalized spacial score (nSPS) is 14.6. The molecular formula is C17H17ClN6O5S2. The van der Waals surface area contributed by atoms with E-state index in [-0.39, 0.29) is 27.6 Å². The summed E-state index contributed by atoms with van der Waals surface area (Å²) in [5.74, 6) is -0.199. The summed E-state index contributed by atoms with van der Waals surface area (Å²) in [5.41, 5.74) is 0.539. The number of aromatic nitrogens is 4. The summed E-state index contributed by atoms with van der Waals surface area (Å²) in [7, 11) is -4.01. The van der Waals surface area contributed by atoms with E-state index in [1.165, 1.54) is 18.5 Å². The topological polar surface area (TPSA) is 136 Å². The molecular weight excluding hydrogens is 468 g/mol. The van der Waals surface area contributed by atoms with Gasteiger partial charge in [0.05, 0.1) is 35.6 Å². The standard InChI is InChI=1S/C17H17ClN6O5S2/c1-2-29-15(25)10-8-19-17(20-9-10)23-31(26,27)12-7-11-13(30-12)14(22-16(18)21-11)24-3-5-28-6-4-24/h7-9H,2-6H2,1H3,(H,19,20,23). The Morgan fingerprint density at radius 1 is 1.29 bits per heavy atom. The molecule has 164 valence electrons. The molecule has 0 spiro atoms. The number of morpholine rings is 1. The minimum atomic E-state index is -4.01. The summed E-state index contributed by atoms with van der Waals surface area (Å²) in [4.78, 5) is 29.9. The Kier molecular flexibility index (Phi) is 6.18. The minimum absolute atomic E-state index is 0.00615. The number of hydrogen-bond acceptors (Lipinski definition) is 11. The van der Waals surface area contributed by atoms with Gasteiger partial charge in [-0.2, -0.15) is 4.98 Å². The van der Waals surface area contributed by atoms with E-state index in [4.69, 9.17) is 21.1 Å². The number of esters is 1. The lowest BCUT2D eigenvalue weighted by Gasteiger charge is -2.28. The highest BCUT2D eigenvalue weighted by atomic mass is 35.5. The molecule has 0 atom stereocenters. The zero-order valence-electron chi connectivity index (χ0n) is 16.2. The lowest BCUT2D eigenvalue weighted by atomic mass is 10.3. The van der Waals surface area contributed by atoms with E-state index in [0.717, 1.165) is 11.3 Å². The van der Waals surface area contributed by atoms with E-state index >= 15 is 0 Å². The molecule has 0 aromatic carbocycles. The average Bonchev–Trinajstić information content (AvgIpc) is 3.19. The van der Waals surface area contributed by atoms with E-state index < -0.39 is 16.0 Å². The van der Waals surface area contributed by atoms with Crippen LogP contribution < -0.4 is 9.62 Å². The number of sulfonamides is 1. The number of carbonyl (C=O) groups excluding carboxylic acids is 1. The van der Waals surface area contributed by atoms with Crippen molar-refractivity contribution in [1.82, 2.24) is 19.9 Å². The van der Waals surface area contributed by atoms with E-state index in [1.807, 2.05) is 4.90 Å². The molecule has 1 fully saturated rings. The van der Waals surface area contributed by atoms with Gasteiger partial charge in [-0.15, -0.1) is 11.3 Å². The van der Waals surface area contributed by atoms with Gasteiger partial charge in [-0.25, -0.2) is 32.9 Å². The molecule has 0 aliphatic carbocycles. The van der Waals surface area contributed by atoms with Crippen LogP contribution in [0.2, 0.25) is 5.28 Å². The fourth-order valence-electron chi connectivity index (χ4n) is 2.86. The fourth-order valence-corrected chi connectivity index (χ4v) is 5.40. The molecule has 1 saturated heterocycles. The van der Waals surface area contributed by atoms with Crippen molar-refractivity contribution >= 4 is 60.9 Å². The van der Waals surface area contributed by atoms with Gasteiger partial charge in [0.1, 0.15) is 4.21 Å². The number of ether oxygens (including phenoxy) is 2. The van der Waals surface area contributed by atoms with Crippen LogP contribution in [0.4, 0.5) is 11.8 Å². The number of carbonyl (C=O) groups is 1. The molecule has 0 radical (unpaired) electrons. The predicted octanol–water partition coefficient (Wildman–Crippen LogP) is 1.95. The zero-order valence-corrected chi connectivity index (χ0v) is 18.6. The third-order valence-corrected chi connectivity index (χ3v) is 7.36. The Morgan fingerprint density at radius 2 is 2.00 bits per heavy atom. The van der Waals surface area contributed by atoms with Crippen molar-refractivity contribution in [2.75, 3.05) is 42.5 Å². The maximum Gasteiger partial charge on any atom is 0.341 e. The van der Waals surface area contributed by atoms with Gasteiger partial charge < -0.3 is 14.4 Å². The van der Waals surface area contributed by atoms with Crippen molar-refractivity contribution in [2.24, 2.45) is 0 Å². The summed E-state index contributed by atoms with van der Waals surface area (Å²) < 4.78 is 38.9. The second-order valence-corrected chi connectivity index (χ2v) is 9.62. The summed E-state index contributed by atoms with van der Waals surface area (Å²) in [5, 5.41) is 0.0292. The Hall–Kier alpha value is -2.61. The molecule has 0 unspecified atom stereocenters. The lowest BCUT2D eigenvalue weighted by Crippen LogP contribution is -2.36. The summed E-state index contributed by atoms with van der Waals surface area (Å²) in [6.07, 6.45) is 2.38. The number of nitrogens with zero attached hydrogens (tertiary/aromatic N) is 5. The first-order valence-corrected chi connectivity index (χ1v) is 11.9.